The maximum Gasteiger partial charge on any atom is 0.251 e. The molecular formula is C22H28ClN2O+. The zero-order valence-corrected chi connectivity index (χ0v) is 16.4. The predicted molar refractivity (Wildman–Crippen MR) is 107 cm³/mol. The SMILES string of the molecule is CC(C)c1ccc(C(=O)NC2CC[NH+](Cc3ccc(Cl)cc3)CC2)cc1. The molecule has 0 bridgehead atoms. The molecule has 1 aliphatic rings. The molecule has 2 aromatic rings. The Kier molecular flexibility index (Phi) is 6.33. The molecule has 0 spiro atoms. The van der Waals surface area contributed by atoms with Gasteiger partial charge in [0.15, 0.2) is 0 Å². The van der Waals surface area contributed by atoms with Crippen LogP contribution in [0.5, 0.6) is 0 Å². The lowest BCUT2D eigenvalue weighted by atomic mass is 10.0. The van der Waals surface area contributed by atoms with Crippen LogP contribution < -0.4 is 10.2 Å². The van der Waals surface area contributed by atoms with E-state index in [1.54, 1.807) is 4.90 Å². The molecule has 3 nitrogen and oxygen atoms in total. The van der Waals surface area contributed by atoms with E-state index in [9.17, 15) is 4.79 Å². The average molecular weight is 372 g/mol. The highest BCUT2D eigenvalue weighted by molar-refractivity contribution is 6.30. The minimum absolute atomic E-state index is 0.0476. The minimum atomic E-state index is 0.0476. The van der Waals surface area contributed by atoms with Gasteiger partial charge in [-0.05, 0) is 35.7 Å². The van der Waals surface area contributed by atoms with Gasteiger partial charge in [0.05, 0.1) is 13.1 Å². The first-order chi connectivity index (χ1) is 12.5. The molecule has 4 heteroatoms. The Balaban J connectivity index is 1.47. The summed E-state index contributed by atoms with van der Waals surface area (Å²) in [5.74, 6) is 0.534. The number of hydrogen-bond acceptors (Lipinski definition) is 1. The van der Waals surface area contributed by atoms with Crippen molar-refractivity contribution in [2.75, 3.05) is 13.1 Å². The fourth-order valence-corrected chi connectivity index (χ4v) is 3.65. The molecule has 1 amide bonds. The first kappa shape index (κ1) is 18.9. The van der Waals surface area contributed by atoms with Crippen LogP contribution in [-0.2, 0) is 6.54 Å². The van der Waals surface area contributed by atoms with Crippen molar-refractivity contribution in [1.29, 1.82) is 0 Å². The van der Waals surface area contributed by atoms with E-state index in [1.165, 1.54) is 11.1 Å². The van der Waals surface area contributed by atoms with Crippen LogP contribution in [0, 0.1) is 0 Å². The molecule has 3 rings (SSSR count). The van der Waals surface area contributed by atoms with Crippen LogP contribution in [0.25, 0.3) is 0 Å². The molecule has 1 aliphatic heterocycles. The van der Waals surface area contributed by atoms with Gasteiger partial charge >= 0.3 is 0 Å². The molecule has 26 heavy (non-hydrogen) atoms. The molecule has 0 radical (unpaired) electrons. The zero-order chi connectivity index (χ0) is 18.5. The molecule has 1 heterocycles. The van der Waals surface area contributed by atoms with Crippen molar-refractivity contribution in [3.05, 3.63) is 70.2 Å². The van der Waals surface area contributed by atoms with E-state index in [0.29, 0.717) is 5.92 Å². The number of quaternary nitrogens is 1. The number of rotatable bonds is 5. The lowest BCUT2D eigenvalue weighted by Crippen LogP contribution is -3.12. The predicted octanol–water partition coefficient (Wildman–Crippen LogP) is 3.44. The third kappa shape index (κ3) is 5.09. The number of nitrogens with one attached hydrogen (secondary N) is 2. The lowest BCUT2D eigenvalue weighted by molar-refractivity contribution is -0.918. The number of amides is 1. The van der Waals surface area contributed by atoms with Crippen molar-refractivity contribution in [2.45, 2.75) is 45.2 Å². The molecule has 2 aromatic carbocycles. The molecule has 0 aliphatic carbocycles. The Morgan fingerprint density at radius 3 is 2.27 bits per heavy atom. The van der Waals surface area contributed by atoms with E-state index in [-0.39, 0.29) is 11.9 Å². The molecule has 138 valence electrons. The van der Waals surface area contributed by atoms with Gasteiger partial charge in [-0.2, -0.15) is 0 Å². The van der Waals surface area contributed by atoms with Gasteiger partial charge in [0.2, 0.25) is 0 Å². The van der Waals surface area contributed by atoms with E-state index >= 15 is 0 Å². The van der Waals surface area contributed by atoms with Gasteiger partial charge in [0.1, 0.15) is 6.54 Å². The summed E-state index contributed by atoms with van der Waals surface area (Å²) in [6.45, 7) is 7.51. The Morgan fingerprint density at radius 2 is 1.69 bits per heavy atom. The van der Waals surface area contributed by atoms with Crippen molar-refractivity contribution >= 4 is 17.5 Å². The quantitative estimate of drug-likeness (QED) is 0.829. The zero-order valence-electron chi connectivity index (χ0n) is 15.6. The van der Waals surface area contributed by atoms with Gasteiger partial charge in [-0.25, -0.2) is 0 Å². The Hall–Kier alpha value is -1.84. The van der Waals surface area contributed by atoms with E-state index in [1.807, 2.05) is 24.3 Å². The maximum absolute atomic E-state index is 12.5. The number of likely N-dealkylation sites (tertiary alicyclic amines) is 1. The highest BCUT2D eigenvalue weighted by atomic mass is 35.5. The fraction of sp³-hybridized carbons (Fsp3) is 0.409. The Labute approximate surface area is 161 Å². The highest BCUT2D eigenvalue weighted by Gasteiger charge is 2.23. The molecular weight excluding hydrogens is 344 g/mol. The third-order valence-electron chi connectivity index (χ3n) is 5.23. The maximum atomic E-state index is 12.5. The Bertz CT molecular complexity index is 717. The summed E-state index contributed by atoms with van der Waals surface area (Å²) in [6, 6.07) is 16.4. The summed E-state index contributed by atoms with van der Waals surface area (Å²) in [4.78, 5) is 14.0. The first-order valence-electron chi connectivity index (χ1n) is 9.50. The van der Waals surface area contributed by atoms with Crippen molar-refractivity contribution in [2.24, 2.45) is 0 Å². The third-order valence-corrected chi connectivity index (χ3v) is 5.49. The standard InChI is InChI=1S/C22H27ClN2O/c1-16(2)18-5-7-19(8-6-18)22(26)24-21-11-13-25(14-12-21)15-17-3-9-20(23)10-4-17/h3-10,16,21H,11-15H2,1-2H3,(H,24,26)/p+1. The minimum Gasteiger partial charge on any atom is -0.349 e. The molecule has 1 saturated heterocycles. The molecule has 0 aromatic heterocycles. The van der Waals surface area contributed by atoms with Gasteiger partial charge in [0.25, 0.3) is 5.91 Å². The number of hydrogen-bond donors (Lipinski definition) is 2. The second-order valence-corrected chi connectivity index (χ2v) is 8.01. The van der Waals surface area contributed by atoms with Crippen LogP contribution in [0.3, 0.4) is 0 Å². The number of carbonyl (C=O) groups is 1. The summed E-state index contributed by atoms with van der Waals surface area (Å²) >= 11 is 5.95. The van der Waals surface area contributed by atoms with Crippen LogP contribution in [-0.4, -0.2) is 25.0 Å². The van der Waals surface area contributed by atoms with Crippen molar-refractivity contribution in [3.63, 3.8) is 0 Å². The number of benzene rings is 2. The smallest absolute Gasteiger partial charge is 0.251 e. The van der Waals surface area contributed by atoms with Gasteiger partial charge in [0, 0.05) is 35.0 Å². The normalized spacial score (nSPS) is 20.2. The topological polar surface area (TPSA) is 33.5 Å². The van der Waals surface area contributed by atoms with E-state index in [0.717, 1.165) is 43.1 Å². The van der Waals surface area contributed by atoms with Gasteiger partial charge in [-0.15, -0.1) is 0 Å². The van der Waals surface area contributed by atoms with Crippen molar-refractivity contribution < 1.29 is 9.69 Å². The van der Waals surface area contributed by atoms with Crippen LogP contribution >= 0.6 is 11.6 Å². The second-order valence-electron chi connectivity index (χ2n) is 7.58. The fourth-order valence-electron chi connectivity index (χ4n) is 3.53. The van der Waals surface area contributed by atoms with E-state index in [4.69, 9.17) is 11.6 Å². The summed E-state index contributed by atoms with van der Waals surface area (Å²) in [7, 11) is 0. The van der Waals surface area contributed by atoms with Crippen molar-refractivity contribution in [3.8, 4) is 0 Å². The molecule has 2 N–H and O–H groups in total. The highest BCUT2D eigenvalue weighted by Crippen LogP contribution is 2.15. The van der Waals surface area contributed by atoms with Crippen LogP contribution in [0.1, 0.15) is 54.1 Å². The average Bonchev–Trinajstić information content (AvgIpc) is 2.65. The van der Waals surface area contributed by atoms with Crippen molar-refractivity contribution in [1.82, 2.24) is 5.32 Å². The second kappa shape index (κ2) is 8.70. The van der Waals surface area contributed by atoms with Crippen LogP contribution in [0.15, 0.2) is 48.5 Å². The lowest BCUT2D eigenvalue weighted by Gasteiger charge is -2.30. The summed E-state index contributed by atoms with van der Waals surface area (Å²) in [5.41, 5.74) is 3.34. The number of carbonyl (C=O) groups excluding carboxylic acids is 1. The monoisotopic (exact) mass is 371 g/mol. The van der Waals surface area contributed by atoms with E-state index in [2.05, 4.69) is 43.4 Å². The summed E-state index contributed by atoms with van der Waals surface area (Å²) in [5, 5.41) is 3.99. The summed E-state index contributed by atoms with van der Waals surface area (Å²) < 4.78 is 0. The van der Waals surface area contributed by atoms with Gasteiger partial charge in [-0.1, -0.05) is 49.7 Å². The molecule has 1 fully saturated rings. The first-order valence-corrected chi connectivity index (χ1v) is 9.88. The largest absolute Gasteiger partial charge is 0.349 e. The van der Waals surface area contributed by atoms with Crippen LogP contribution in [0.4, 0.5) is 0 Å². The van der Waals surface area contributed by atoms with Gasteiger partial charge < -0.3 is 10.2 Å². The molecule has 0 saturated carbocycles. The number of halogens is 1. The molecule has 0 unspecified atom stereocenters. The van der Waals surface area contributed by atoms with E-state index < -0.39 is 0 Å². The van der Waals surface area contributed by atoms with Gasteiger partial charge in [-0.3, -0.25) is 4.79 Å². The number of piperidine rings is 1. The Morgan fingerprint density at radius 1 is 1.08 bits per heavy atom. The van der Waals surface area contributed by atoms with Crippen LogP contribution in [0.2, 0.25) is 5.02 Å². The molecule has 0 atom stereocenters. The summed E-state index contributed by atoms with van der Waals surface area (Å²) in [6.07, 6.45) is 2.05.